The molecule has 2 aromatic carbocycles. The second-order valence-corrected chi connectivity index (χ2v) is 5.28. The Labute approximate surface area is 114 Å². The highest BCUT2D eigenvalue weighted by molar-refractivity contribution is 5.40. The summed E-state index contributed by atoms with van der Waals surface area (Å²) >= 11 is 0. The van der Waals surface area contributed by atoms with E-state index in [-0.39, 0.29) is 6.04 Å². The van der Waals surface area contributed by atoms with Crippen LogP contribution in [0.25, 0.3) is 0 Å². The summed E-state index contributed by atoms with van der Waals surface area (Å²) in [6.45, 7) is 2.72. The van der Waals surface area contributed by atoms with E-state index >= 15 is 0 Å². The van der Waals surface area contributed by atoms with Crippen LogP contribution in [0, 0.1) is 6.92 Å². The van der Waals surface area contributed by atoms with E-state index in [2.05, 4.69) is 43.3 Å². The van der Waals surface area contributed by atoms with Crippen molar-refractivity contribution in [3.63, 3.8) is 0 Å². The summed E-state index contributed by atoms with van der Waals surface area (Å²) in [4.78, 5) is 0. The van der Waals surface area contributed by atoms with Crippen LogP contribution in [0.3, 0.4) is 0 Å². The van der Waals surface area contributed by atoms with Crippen LogP contribution in [-0.4, -0.2) is 0 Å². The summed E-state index contributed by atoms with van der Waals surface area (Å²) < 4.78 is 5.87. The van der Waals surface area contributed by atoms with Crippen molar-refractivity contribution in [3.05, 3.63) is 64.7 Å². The molecule has 0 amide bonds. The lowest BCUT2D eigenvalue weighted by Crippen LogP contribution is -2.05. The molecule has 0 aliphatic heterocycles. The molecule has 3 rings (SSSR count). The molecule has 0 saturated carbocycles. The highest BCUT2D eigenvalue weighted by Crippen LogP contribution is 2.32. The number of hydrogen-bond acceptors (Lipinski definition) is 2. The van der Waals surface area contributed by atoms with Crippen molar-refractivity contribution in [2.75, 3.05) is 0 Å². The van der Waals surface area contributed by atoms with E-state index in [1.54, 1.807) is 0 Å². The van der Waals surface area contributed by atoms with E-state index in [1.807, 2.05) is 6.07 Å². The quantitative estimate of drug-likeness (QED) is 0.908. The molecular formula is C17H19NO. The standard InChI is InChI=1S/C17H19NO/c1-12-3-2-4-13(9-12)11-19-15-6-7-16-14(10-15)5-8-17(16)18/h2-4,6-7,9-10,17H,5,8,11,18H2,1H3/t17-/m1/s1. The van der Waals surface area contributed by atoms with Gasteiger partial charge in [0.25, 0.3) is 0 Å². The maximum Gasteiger partial charge on any atom is 0.120 e. The Bertz CT molecular complexity index is 592. The first-order valence-corrected chi connectivity index (χ1v) is 6.79. The first-order valence-electron chi connectivity index (χ1n) is 6.79. The number of aryl methyl sites for hydroxylation is 2. The van der Waals surface area contributed by atoms with Crippen LogP contribution in [0.1, 0.15) is 34.7 Å². The van der Waals surface area contributed by atoms with Crippen LogP contribution in [0.5, 0.6) is 5.75 Å². The molecule has 0 spiro atoms. The van der Waals surface area contributed by atoms with E-state index < -0.39 is 0 Å². The van der Waals surface area contributed by atoms with E-state index in [0.29, 0.717) is 6.61 Å². The van der Waals surface area contributed by atoms with Gasteiger partial charge in [-0.2, -0.15) is 0 Å². The monoisotopic (exact) mass is 253 g/mol. The van der Waals surface area contributed by atoms with Crippen LogP contribution < -0.4 is 10.5 Å². The van der Waals surface area contributed by atoms with Gasteiger partial charge in [-0.15, -0.1) is 0 Å². The third-order valence-corrected chi connectivity index (χ3v) is 3.73. The first-order chi connectivity index (χ1) is 9.22. The second kappa shape index (κ2) is 5.06. The second-order valence-electron chi connectivity index (χ2n) is 5.28. The Hall–Kier alpha value is -1.80. The minimum Gasteiger partial charge on any atom is -0.489 e. The molecule has 0 unspecified atom stereocenters. The summed E-state index contributed by atoms with van der Waals surface area (Å²) in [6, 6.07) is 14.9. The minimum absolute atomic E-state index is 0.209. The molecule has 98 valence electrons. The highest BCUT2D eigenvalue weighted by Gasteiger charge is 2.18. The predicted molar refractivity (Wildman–Crippen MR) is 77.2 cm³/mol. The van der Waals surface area contributed by atoms with Crippen molar-refractivity contribution < 1.29 is 4.74 Å². The van der Waals surface area contributed by atoms with Gasteiger partial charge in [0.05, 0.1) is 0 Å². The molecule has 19 heavy (non-hydrogen) atoms. The SMILES string of the molecule is Cc1cccc(COc2ccc3c(c2)CC[C@H]3N)c1. The summed E-state index contributed by atoms with van der Waals surface area (Å²) in [5, 5.41) is 0. The molecule has 0 radical (unpaired) electrons. The Morgan fingerprint density at radius 1 is 1.21 bits per heavy atom. The zero-order valence-electron chi connectivity index (χ0n) is 11.2. The average molecular weight is 253 g/mol. The molecule has 2 N–H and O–H groups in total. The number of ether oxygens (including phenoxy) is 1. The fraction of sp³-hybridized carbons (Fsp3) is 0.294. The lowest BCUT2D eigenvalue weighted by atomic mass is 10.1. The number of hydrogen-bond donors (Lipinski definition) is 1. The Morgan fingerprint density at radius 2 is 2.11 bits per heavy atom. The molecule has 0 fully saturated rings. The van der Waals surface area contributed by atoms with Crippen LogP contribution >= 0.6 is 0 Å². The van der Waals surface area contributed by atoms with Crippen molar-refractivity contribution in [3.8, 4) is 5.75 Å². The van der Waals surface area contributed by atoms with Gasteiger partial charge >= 0.3 is 0 Å². The van der Waals surface area contributed by atoms with E-state index in [1.165, 1.54) is 22.3 Å². The van der Waals surface area contributed by atoms with Gasteiger partial charge in [-0.25, -0.2) is 0 Å². The largest absolute Gasteiger partial charge is 0.489 e. The smallest absolute Gasteiger partial charge is 0.120 e. The molecular weight excluding hydrogens is 234 g/mol. The minimum atomic E-state index is 0.209. The molecule has 2 nitrogen and oxygen atoms in total. The van der Waals surface area contributed by atoms with Gasteiger partial charge in [0.1, 0.15) is 12.4 Å². The fourth-order valence-corrected chi connectivity index (χ4v) is 2.69. The third kappa shape index (κ3) is 2.64. The number of nitrogens with two attached hydrogens (primary N) is 1. The highest BCUT2D eigenvalue weighted by atomic mass is 16.5. The Kier molecular flexibility index (Phi) is 3.26. The van der Waals surface area contributed by atoms with Gasteiger partial charge < -0.3 is 10.5 Å². The topological polar surface area (TPSA) is 35.2 Å². The van der Waals surface area contributed by atoms with E-state index in [9.17, 15) is 0 Å². The zero-order chi connectivity index (χ0) is 13.2. The molecule has 1 atom stereocenters. The lowest BCUT2D eigenvalue weighted by Gasteiger charge is -2.10. The van der Waals surface area contributed by atoms with Crippen LogP contribution in [0.2, 0.25) is 0 Å². The molecule has 1 aliphatic carbocycles. The molecule has 2 aromatic rings. The van der Waals surface area contributed by atoms with Gasteiger partial charge in [-0.05, 0) is 48.6 Å². The normalized spacial score (nSPS) is 17.3. The van der Waals surface area contributed by atoms with Crippen LogP contribution in [0.15, 0.2) is 42.5 Å². The van der Waals surface area contributed by atoms with Gasteiger partial charge in [-0.1, -0.05) is 35.9 Å². The summed E-state index contributed by atoms with van der Waals surface area (Å²) in [5.74, 6) is 0.939. The van der Waals surface area contributed by atoms with E-state index in [0.717, 1.165) is 18.6 Å². The van der Waals surface area contributed by atoms with Gasteiger partial charge in [-0.3, -0.25) is 0 Å². The van der Waals surface area contributed by atoms with Gasteiger partial charge in [0.2, 0.25) is 0 Å². The number of fused-ring (bicyclic) bond motifs is 1. The van der Waals surface area contributed by atoms with Crippen LogP contribution in [0.4, 0.5) is 0 Å². The van der Waals surface area contributed by atoms with Crippen molar-refractivity contribution >= 4 is 0 Å². The predicted octanol–water partition coefficient (Wildman–Crippen LogP) is 3.52. The average Bonchev–Trinajstić information content (AvgIpc) is 2.78. The van der Waals surface area contributed by atoms with Crippen LogP contribution in [-0.2, 0) is 13.0 Å². The zero-order valence-corrected chi connectivity index (χ0v) is 11.2. The first kappa shape index (κ1) is 12.2. The Morgan fingerprint density at radius 3 is 2.95 bits per heavy atom. The van der Waals surface area contributed by atoms with Crippen molar-refractivity contribution in [1.29, 1.82) is 0 Å². The third-order valence-electron chi connectivity index (χ3n) is 3.73. The summed E-state index contributed by atoms with van der Waals surface area (Å²) in [7, 11) is 0. The van der Waals surface area contributed by atoms with Crippen molar-refractivity contribution in [2.45, 2.75) is 32.4 Å². The molecule has 0 bridgehead atoms. The molecule has 1 aliphatic rings. The summed E-state index contributed by atoms with van der Waals surface area (Å²) in [6.07, 6.45) is 2.12. The maximum atomic E-state index is 6.04. The molecule has 2 heteroatoms. The van der Waals surface area contributed by atoms with Gasteiger partial charge in [0.15, 0.2) is 0 Å². The fourth-order valence-electron chi connectivity index (χ4n) is 2.69. The summed E-state index contributed by atoms with van der Waals surface area (Å²) in [5.41, 5.74) is 11.1. The van der Waals surface area contributed by atoms with Crippen molar-refractivity contribution in [2.24, 2.45) is 5.73 Å². The number of rotatable bonds is 3. The Balaban J connectivity index is 1.71. The molecule has 0 saturated heterocycles. The molecule has 0 heterocycles. The maximum absolute atomic E-state index is 6.04. The van der Waals surface area contributed by atoms with E-state index in [4.69, 9.17) is 10.5 Å². The van der Waals surface area contributed by atoms with Crippen molar-refractivity contribution in [1.82, 2.24) is 0 Å². The molecule has 0 aromatic heterocycles. The van der Waals surface area contributed by atoms with Gasteiger partial charge in [0, 0.05) is 6.04 Å². The number of benzene rings is 2. The lowest BCUT2D eigenvalue weighted by molar-refractivity contribution is 0.306.